The Labute approximate surface area is 119 Å². The van der Waals surface area contributed by atoms with Crippen molar-refractivity contribution in [1.82, 2.24) is 5.32 Å². The maximum atomic E-state index is 11.8. The van der Waals surface area contributed by atoms with Crippen LogP contribution in [0.3, 0.4) is 0 Å². The molecule has 0 heterocycles. The first-order valence-corrected chi connectivity index (χ1v) is 6.91. The zero-order valence-corrected chi connectivity index (χ0v) is 12.1. The highest BCUT2D eigenvalue weighted by molar-refractivity contribution is 14.1. The van der Waals surface area contributed by atoms with Gasteiger partial charge >= 0.3 is 5.97 Å². The number of amides is 1. The van der Waals surface area contributed by atoms with Gasteiger partial charge in [0.05, 0.1) is 5.56 Å². The fourth-order valence-corrected chi connectivity index (χ4v) is 1.77. The Morgan fingerprint density at radius 2 is 1.94 bits per heavy atom. The molecule has 1 aliphatic carbocycles. The number of nitrogens with one attached hydrogen (secondary N) is 1. The molecular formula is C13H14INO3. The minimum absolute atomic E-state index is 0.226. The van der Waals surface area contributed by atoms with Crippen molar-refractivity contribution in [3.05, 3.63) is 33.4 Å². The molecule has 1 fully saturated rings. The summed E-state index contributed by atoms with van der Waals surface area (Å²) >= 11 is 2.16. The summed E-state index contributed by atoms with van der Waals surface area (Å²) in [6.07, 6.45) is 1.28. The van der Waals surface area contributed by atoms with Gasteiger partial charge in [-0.15, -0.1) is 0 Å². The van der Waals surface area contributed by atoms with E-state index >= 15 is 0 Å². The number of hydrogen-bond acceptors (Lipinski definition) is 3. The van der Waals surface area contributed by atoms with Crippen molar-refractivity contribution in [2.45, 2.75) is 31.9 Å². The van der Waals surface area contributed by atoms with E-state index in [1.54, 1.807) is 19.1 Å². The Morgan fingerprint density at radius 1 is 1.33 bits per heavy atom. The zero-order valence-electron chi connectivity index (χ0n) is 9.98. The summed E-state index contributed by atoms with van der Waals surface area (Å²) in [5, 5.41) is 2.80. The Hall–Kier alpha value is -1.11. The number of carbonyl (C=O) groups excluding carboxylic acids is 2. The van der Waals surface area contributed by atoms with Gasteiger partial charge in [0.15, 0.2) is 6.10 Å². The summed E-state index contributed by atoms with van der Waals surface area (Å²) in [7, 11) is 0. The average Bonchev–Trinajstić information content (AvgIpc) is 3.13. The van der Waals surface area contributed by atoms with Crippen molar-refractivity contribution < 1.29 is 14.3 Å². The predicted octanol–water partition coefficient (Wildman–Crippen LogP) is 2.12. The van der Waals surface area contributed by atoms with Crippen molar-refractivity contribution in [2.24, 2.45) is 0 Å². The lowest BCUT2D eigenvalue weighted by Crippen LogP contribution is -2.37. The van der Waals surface area contributed by atoms with Crippen molar-refractivity contribution >= 4 is 34.5 Å². The first kappa shape index (κ1) is 13.3. The first-order valence-electron chi connectivity index (χ1n) is 5.83. The van der Waals surface area contributed by atoms with Gasteiger partial charge in [-0.2, -0.15) is 0 Å². The molecular weight excluding hydrogens is 345 g/mol. The number of halogens is 1. The summed E-state index contributed by atoms with van der Waals surface area (Å²) in [6.45, 7) is 1.59. The molecule has 4 nitrogen and oxygen atoms in total. The van der Waals surface area contributed by atoms with Gasteiger partial charge in [-0.1, -0.05) is 0 Å². The molecule has 1 amide bonds. The molecule has 1 aliphatic rings. The zero-order chi connectivity index (χ0) is 13.1. The monoisotopic (exact) mass is 359 g/mol. The third kappa shape index (κ3) is 3.69. The molecule has 0 radical (unpaired) electrons. The quantitative estimate of drug-likeness (QED) is 0.662. The SMILES string of the molecule is C[C@H](OC(=O)c1ccc(I)cc1)C(=O)NC1CC1. The summed E-state index contributed by atoms with van der Waals surface area (Å²) < 4.78 is 6.16. The van der Waals surface area contributed by atoms with Crippen LogP contribution in [0.5, 0.6) is 0 Å². The molecule has 96 valence electrons. The van der Waals surface area contributed by atoms with Crippen LogP contribution in [0.1, 0.15) is 30.1 Å². The normalized spacial score (nSPS) is 15.9. The molecule has 5 heteroatoms. The van der Waals surface area contributed by atoms with Gasteiger partial charge in [0, 0.05) is 9.61 Å². The molecule has 0 unspecified atom stereocenters. The van der Waals surface area contributed by atoms with Gasteiger partial charge in [-0.25, -0.2) is 4.79 Å². The van der Waals surface area contributed by atoms with Crippen LogP contribution in [0.4, 0.5) is 0 Å². The number of carbonyl (C=O) groups is 2. The molecule has 0 bridgehead atoms. The van der Waals surface area contributed by atoms with Crippen molar-refractivity contribution in [3.8, 4) is 0 Å². The van der Waals surface area contributed by atoms with E-state index in [0.717, 1.165) is 16.4 Å². The average molecular weight is 359 g/mol. The Kier molecular flexibility index (Phi) is 4.21. The van der Waals surface area contributed by atoms with Crippen LogP contribution >= 0.6 is 22.6 Å². The highest BCUT2D eigenvalue weighted by atomic mass is 127. The summed E-state index contributed by atoms with van der Waals surface area (Å²) in [5.74, 6) is -0.693. The fraction of sp³-hybridized carbons (Fsp3) is 0.385. The van der Waals surface area contributed by atoms with Crippen molar-refractivity contribution in [1.29, 1.82) is 0 Å². The number of esters is 1. The van der Waals surface area contributed by atoms with E-state index in [2.05, 4.69) is 27.9 Å². The number of ether oxygens (including phenoxy) is 1. The number of rotatable bonds is 4. The molecule has 1 atom stereocenters. The fourth-order valence-electron chi connectivity index (χ4n) is 1.41. The number of hydrogen-bond donors (Lipinski definition) is 1. The van der Waals surface area contributed by atoms with Crippen molar-refractivity contribution in [2.75, 3.05) is 0 Å². The molecule has 1 aromatic rings. The van der Waals surface area contributed by atoms with Gasteiger partial charge in [-0.3, -0.25) is 4.79 Å². The maximum Gasteiger partial charge on any atom is 0.338 e. The second-order valence-corrected chi connectivity index (χ2v) is 5.58. The van der Waals surface area contributed by atoms with Crippen LogP contribution in [-0.2, 0) is 9.53 Å². The van der Waals surface area contributed by atoms with E-state index < -0.39 is 12.1 Å². The predicted molar refractivity (Wildman–Crippen MR) is 75.2 cm³/mol. The second kappa shape index (κ2) is 5.69. The Bertz CT molecular complexity index is 454. The summed E-state index contributed by atoms with van der Waals surface area (Å²) in [6, 6.07) is 7.31. The van der Waals surface area contributed by atoms with Crippen LogP contribution in [0, 0.1) is 3.57 Å². The highest BCUT2D eigenvalue weighted by Gasteiger charge is 2.27. The molecule has 18 heavy (non-hydrogen) atoms. The van der Waals surface area contributed by atoms with Crippen LogP contribution in [-0.4, -0.2) is 24.0 Å². The van der Waals surface area contributed by atoms with Gasteiger partial charge in [0.25, 0.3) is 5.91 Å². The van der Waals surface area contributed by atoms with E-state index in [1.807, 2.05) is 12.1 Å². The first-order chi connectivity index (χ1) is 8.56. The van der Waals surface area contributed by atoms with Crippen LogP contribution in [0.2, 0.25) is 0 Å². The largest absolute Gasteiger partial charge is 0.449 e. The van der Waals surface area contributed by atoms with Gasteiger partial charge in [-0.05, 0) is 66.6 Å². The minimum Gasteiger partial charge on any atom is -0.449 e. The molecule has 0 aliphatic heterocycles. The molecule has 1 saturated carbocycles. The van der Waals surface area contributed by atoms with E-state index in [1.165, 1.54) is 0 Å². The molecule has 1 aromatic carbocycles. The summed E-state index contributed by atoms with van der Waals surface area (Å²) in [5.41, 5.74) is 0.460. The second-order valence-electron chi connectivity index (χ2n) is 4.34. The molecule has 0 spiro atoms. The topological polar surface area (TPSA) is 55.4 Å². The summed E-state index contributed by atoms with van der Waals surface area (Å²) in [4.78, 5) is 23.4. The van der Waals surface area contributed by atoms with E-state index in [0.29, 0.717) is 5.56 Å². The third-order valence-corrected chi connectivity index (χ3v) is 3.38. The van der Waals surface area contributed by atoms with Gasteiger partial charge in [0.2, 0.25) is 0 Å². The maximum absolute atomic E-state index is 11.8. The van der Waals surface area contributed by atoms with Crippen LogP contribution in [0.25, 0.3) is 0 Å². The van der Waals surface area contributed by atoms with Gasteiger partial charge in [0.1, 0.15) is 0 Å². The molecule has 2 rings (SSSR count). The lowest BCUT2D eigenvalue weighted by Gasteiger charge is -2.13. The lowest BCUT2D eigenvalue weighted by atomic mass is 10.2. The molecule has 0 aromatic heterocycles. The lowest BCUT2D eigenvalue weighted by molar-refractivity contribution is -0.129. The van der Waals surface area contributed by atoms with E-state index in [9.17, 15) is 9.59 Å². The van der Waals surface area contributed by atoms with Crippen LogP contribution < -0.4 is 5.32 Å². The highest BCUT2D eigenvalue weighted by Crippen LogP contribution is 2.19. The molecule has 0 saturated heterocycles. The standard InChI is InChI=1S/C13H14INO3/c1-8(12(16)15-11-6-7-11)18-13(17)9-2-4-10(14)5-3-9/h2-5,8,11H,6-7H2,1H3,(H,15,16)/t8-/m0/s1. The van der Waals surface area contributed by atoms with Crippen LogP contribution in [0.15, 0.2) is 24.3 Å². The Morgan fingerprint density at radius 3 is 2.50 bits per heavy atom. The van der Waals surface area contributed by atoms with Crippen molar-refractivity contribution in [3.63, 3.8) is 0 Å². The molecule has 1 N–H and O–H groups in total. The van der Waals surface area contributed by atoms with E-state index in [-0.39, 0.29) is 11.9 Å². The minimum atomic E-state index is -0.752. The van der Waals surface area contributed by atoms with E-state index in [4.69, 9.17) is 4.74 Å². The smallest absolute Gasteiger partial charge is 0.338 e. The third-order valence-electron chi connectivity index (χ3n) is 2.66. The Balaban J connectivity index is 1.89. The number of benzene rings is 1. The van der Waals surface area contributed by atoms with Gasteiger partial charge < -0.3 is 10.1 Å².